The second-order valence-electron chi connectivity index (χ2n) is 5.82. The molecule has 25 heavy (non-hydrogen) atoms. The Hall–Kier alpha value is -0.860. The van der Waals surface area contributed by atoms with Gasteiger partial charge in [-0.05, 0) is 32.0 Å². The topological polar surface area (TPSA) is 60.9 Å². The summed E-state index contributed by atoms with van der Waals surface area (Å²) in [6.45, 7) is 7.31. The monoisotopic (exact) mass is 407 g/mol. The number of hydrogen-bond donors (Lipinski definition) is 0. The maximum atomic E-state index is 12.7. The minimum Gasteiger partial charge on any atom is -0.342 e. The highest BCUT2D eigenvalue weighted by Gasteiger charge is 2.29. The number of hydrogen-bond acceptors (Lipinski definition) is 4. The molecular weight excluding hydrogens is 385 g/mol. The van der Waals surface area contributed by atoms with Gasteiger partial charge in [-0.3, -0.25) is 9.69 Å². The van der Waals surface area contributed by atoms with Crippen molar-refractivity contribution in [2.45, 2.75) is 18.7 Å². The Kier molecular flexibility index (Phi) is 7.10. The molecule has 0 N–H and O–H groups in total. The number of halogens is 2. The fourth-order valence-corrected chi connectivity index (χ4v) is 4.59. The predicted octanol–water partition coefficient (Wildman–Crippen LogP) is 2.17. The summed E-state index contributed by atoms with van der Waals surface area (Å²) in [6.07, 6.45) is 0. The molecule has 1 amide bonds. The maximum Gasteiger partial charge on any atom is 0.243 e. The SMILES string of the molecule is CCN(CC)C(=O)CN1CCN(S(=O)(=O)c2ccc(Cl)c(Cl)c2)CC1. The number of rotatable bonds is 6. The third-order valence-corrected chi connectivity index (χ3v) is 6.97. The first-order chi connectivity index (χ1) is 11.8. The van der Waals surface area contributed by atoms with Gasteiger partial charge in [0.2, 0.25) is 15.9 Å². The molecule has 0 bridgehead atoms. The van der Waals surface area contributed by atoms with Gasteiger partial charge in [-0.1, -0.05) is 23.2 Å². The second kappa shape index (κ2) is 8.68. The average molecular weight is 408 g/mol. The molecule has 9 heteroatoms. The summed E-state index contributed by atoms with van der Waals surface area (Å²) in [5, 5.41) is 0.534. The van der Waals surface area contributed by atoms with Gasteiger partial charge in [0.1, 0.15) is 0 Å². The lowest BCUT2D eigenvalue weighted by atomic mass is 10.3. The number of piperazine rings is 1. The normalized spacial score (nSPS) is 16.8. The Morgan fingerprint density at radius 1 is 1.08 bits per heavy atom. The molecule has 1 aromatic carbocycles. The van der Waals surface area contributed by atoms with Gasteiger partial charge < -0.3 is 4.90 Å². The Morgan fingerprint density at radius 2 is 1.68 bits per heavy atom. The molecule has 1 aromatic rings. The molecule has 0 spiro atoms. The van der Waals surface area contributed by atoms with Crippen molar-refractivity contribution in [1.29, 1.82) is 0 Å². The second-order valence-corrected chi connectivity index (χ2v) is 8.57. The molecule has 140 valence electrons. The third kappa shape index (κ3) is 4.86. The Bertz CT molecular complexity index is 715. The zero-order valence-corrected chi connectivity index (χ0v) is 16.7. The van der Waals surface area contributed by atoms with E-state index in [2.05, 4.69) is 0 Å². The Labute approximate surface area is 159 Å². The van der Waals surface area contributed by atoms with E-state index in [1.54, 1.807) is 4.90 Å². The molecule has 0 aliphatic carbocycles. The lowest BCUT2D eigenvalue weighted by Crippen LogP contribution is -2.51. The molecule has 1 heterocycles. The molecule has 1 saturated heterocycles. The first kappa shape index (κ1) is 20.5. The molecule has 0 unspecified atom stereocenters. The molecule has 2 rings (SSSR count). The summed E-state index contributed by atoms with van der Waals surface area (Å²) in [5.74, 6) is 0.0748. The van der Waals surface area contributed by atoms with Gasteiger partial charge in [0.15, 0.2) is 0 Å². The van der Waals surface area contributed by atoms with Crippen LogP contribution in [0.4, 0.5) is 0 Å². The Morgan fingerprint density at radius 3 is 2.20 bits per heavy atom. The summed E-state index contributed by atoms with van der Waals surface area (Å²) >= 11 is 11.8. The molecule has 1 aliphatic rings. The quantitative estimate of drug-likeness (QED) is 0.724. The van der Waals surface area contributed by atoms with E-state index in [1.165, 1.54) is 22.5 Å². The number of nitrogens with zero attached hydrogens (tertiary/aromatic N) is 3. The minimum absolute atomic E-state index is 0.0748. The summed E-state index contributed by atoms with van der Waals surface area (Å²) in [7, 11) is -3.61. The van der Waals surface area contributed by atoms with Gasteiger partial charge in [0, 0.05) is 39.3 Å². The minimum atomic E-state index is -3.61. The van der Waals surface area contributed by atoms with Crippen LogP contribution in [0.3, 0.4) is 0 Å². The van der Waals surface area contributed by atoms with Crippen LogP contribution in [-0.2, 0) is 14.8 Å². The van der Waals surface area contributed by atoms with Gasteiger partial charge >= 0.3 is 0 Å². The van der Waals surface area contributed by atoms with Crippen LogP contribution in [0.5, 0.6) is 0 Å². The number of likely N-dealkylation sites (N-methyl/N-ethyl adjacent to an activating group) is 1. The number of amides is 1. The summed E-state index contributed by atoms with van der Waals surface area (Å²) in [6, 6.07) is 4.31. The number of carbonyl (C=O) groups is 1. The van der Waals surface area contributed by atoms with E-state index < -0.39 is 10.0 Å². The number of sulfonamides is 1. The van der Waals surface area contributed by atoms with Gasteiger partial charge in [-0.2, -0.15) is 4.31 Å². The van der Waals surface area contributed by atoms with Crippen LogP contribution in [0.1, 0.15) is 13.8 Å². The highest BCUT2D eigenvalue weighted by Crippen LogP contribution is 2.27. The first-order valence-electron chi connectivity index (χ1n) is 8.25. The van der Waals surface area contributed by atoms with Gasteiger partial charge in [-0.25, -0.2) is 8.42 Å². The van der Waals surface area contributed by atoms with E-state index in [9.17, 15) is 13.2 Å². The largest absolute Gasteiger partial charge is 0.342 e. The summed E-state index contributed by atoms with van der Waals surface area (Å²) in [4.78, 5) is 16.1. The van der Waals surface area contributed by atoms with Gasteiger partial charge in [0.25, 0.3) is 0 Å². The van der Waals surface area contributed by atoms with Gasteiger partial charge in [-0.15, -0.1) is 0 Å². The van der Waals surface area contributed by atoms with Crippen molar-refractivity contribution in [1.82, 2.24) is 14.1 Å². The van der Waals surface area contributed by atoms with Crippen molar-refractivity contribution < 1.29 is 13.2 Å². The lowest BCUT2D eigenvalue weighted by Gasteiger charge is -2.34. The van der Waals surface area contributed by atoms with Crippen molar-refractivity contribution in [3.05, 3.63) is 28.2 Å². The van der Waals surface area contributed by atoms with Crippen molar-refractivity contribution in [2.75, 3.05) is 45.8 Å². The van der Waals surface area contributed by atoms with E-state index in [1.807, 2.05) is 18.7 Å². The summed E-state index contributed by atoms with van der Waals surface area (Å²) < 4.78 is 26.8. The molecule has 0 saturated carbocycles. The predicted molar refractivity (Wildman–Crippen MR) is 99.6 cm³/mol. The molecule has 0 atom stereocenters. The van der Waals surface area contributed by atoms with Crippen LogP contribution in [0.15, 0.2) is 23.1 Å². The van der Waals surface area contributed by atoms with E-state index in [-0.39, 0.29) is 15.8 Å². The van der Waals surface area contributed by atoms with Crippen LogP contribution in [0.25, 0.3) is 0 Å². The Balaban J connectivity index is 1.99. The van der Waals surface area contributed by atoms with Crippen LogP contribution < -0.4 is 0 Å². The molecule has 0 aromatic heterocycles. The fraction of sp³-hybridized carbons (Fsp3) is 0.562. The van der Waals surface area contributed by atoms with Crippen molar-refractivity contribution in [3.63, 3.8) is 0 Å². The van der Waals surface area contributed by atoms with Crippen molar-refractivity contribution in [3.8, 4) is 0 Å². The highest BCUT2D eigenvalue weighted by atomic mass is 35.5. The molecule has 1 fully saturated rings. The van der Waals surface area contributed by atoms with Crippen molar-refractivity contribution >= 4 is 39.1 Å². The molecular formula is C16H23Cl2N3O3S. The van der Waals surface area contributed by atoms with Crippen LogP contribution in [0.2, 0.25) is 10.0 Å². The van der Waals surface area contributed by atoms with Crippen LogP contribution in [0, 0.1) is 0 Å². The maximum absolute atomic E-state index is 12.7. The highest BCUT2D eigenvalue weighted by molar-refractivity contribution is 7.89. The van der Waals surface area contributed by atoms with Gasteiger partial charge in [0.05, 0.1) is 21.5 Å². The molecule has 1 aliphatic heterocycles. The van der Waals surface area contributed by atoms with E-state index in [0.29, 0.717) is 50.8 Å². The fourth-order valence-electron chi connectivity index (χ4n) is 2.78. The van der Waals surface area contributed by atoms with E-state index in [4.69, 9.17) is 23.2 Å². The van der Waals surface area contributed by atoms with E-state index >= 15 is 0 Å². The zero-order valence-electron chi connectivity index (χ0n) is 14.4. The lowest BCUT2D eigenvalue weighted by molar-refractivity contribution is -0.132. The summed E-state index contributed by atoms with van der Waals surface area (Å²) in [5.41, 5.74) is 0. The molecule has 0 radical (unpaired) electrons. The average Bonchev–Trinajstić information content (AvgIpc) is 2.58. The molecule has 6 nitrogen and oxygen atoms in total. The van der Waals surface area contributed by atoms with Crippen LogP contribution >= 0.6 is 23.2 Å². The number of carbonyl (C=O) groups excluding carboxylic acids is 1. The third-order valence-electron chi connectivity index (χ3n) is 4.34. The smallest absolute Gasteiger partial charge is 0.243 e. The first-order valence-corrected chi connectivity index (χ1v) is 10.4. The standard InChI is InChI=1S/C16H23Cl2N3O3S/c1-3-20(4-2)16(22)12-19-7-9-21(10-8-19)25(23,24)13-5-6-14(17)15(18)11-13/h5-6,11H,3-4,7-10,12H2,1-2H3. The number of benzene rings is 1. The van der Waals surface area contributed by atoms with Crippen molar-refractivity contribution in [2.24, 2.45) is 0 Å². The van der Waals surface area contributed by atoms with Crippen LogP contribution in [-0.4, -0.2) is 74.2 Å². The zero-order chi connectivity index (χ0) is 18.6. The van der Waals surface area contributed by atoms with E-state index in [0.717, 1.165) is 0 Å².